The van der Waals surface area contributed by atoms with Crippen molar-refractivity contribution in [2.24, 2.45) is 0 Å². The number of rotatable bonds is 3. The number of hydrogen-bond acceptors (Lipinski definition) is 3. The zero-order valence-electron chi connectivity index (χ0n) is 8.18. The molecule has 0 bridgehead atoms. The number of carbonyl (C=O) groups is 1. The summed E-state index contributed by atoms with van der Waals surface area (Å²) in [5.74, 6) is -0.314. The topological polar surface area (TPSA) is 38.3 Å². The summed E-state index contributed by atoms with van der Waals surface area (Å²) in [6.07, 6.45) is 3.16. The zero-order chi connectivity index (χ0) is 9.61. The summed E-state index contributed by atoms with van der Waals surface area (Å²) in [4.78, 5) is 10.6. The summed E-state index contributed by atoms with van der Waals surface area (Å²) >= 11 is 0. The van der Waals surface area contributed by atoms with Crippen LogP contribution in [0.2, 0.25) is 0 Å². The number of hydrogen-bond donors (Lipinski definition) is 1. The third-order valence-electron chi connectivity index (χ3n) is 1.21. The Morgan fingerprint density at radius 1 is 1.50 bits per heavy atom. The molecule has 0 unspecified atom stereocenters. The lowest BCUT2D eigenvalue weighted by Gasteiger charge is -2.18. The standard InChI is InChI=1S/C9H17NO2/c1-9(2,3)10-7-5-6-8(11)12-4/h5-6,10H,7H2,1-4H3/b6-5+. The molecule has 0 aliphatic rings. The van der Waals surface area contributed by atoms with Crippen molar-refractivity contribution in [3.05, 3.63) is 12.2 Å². The first-order chi connectivity index (χ1) is 5.45. The fraction of sp³-hybridized carbons (Fsp3) is 0.667. The van der Waals surface area contributed by atoms with Crippen LogP contribution in [0.25, 0.3) is 0 Å². The summed E-state index contributed by atoms with van der Waals surface area (Å²) < 4.78 is 4.43. The first-order valence-corrected chi connectivity index (χ1v) is 3.95. The number of nitrogens with one attached hydrogen (secondary N) is 1. The van der Waals surface area contributed by atoms with E-state index >= 15 is 0 Å². The molecule has 0 saturated carbocycles. The molecule has 1 N–H and O–H groups in total. The Labute approximate surface area is 73.8 Å². The molecule has 0 radical (unpaired) electrons. The van der Waals surface area contributed by atoms with E-state index in [1.54, 1.807) is 6.08 Å². The fourth-order valence-corrected chi connectivity index (χ4v) is 0.588. The normalized spacial score (nSPS) is 12.0. The van der Waals surface area contributed by atoms with Gasteiger partial charge in [-0.1, -0.05) is 6.08 Å². The van der Waals surface area contributed by atoms with Gasteiger partial charge in [0, 0.05) is 18.2 Å². The Kier molecular flexibility index (Phi) is 4.59. The molecule has 3 heteroatoms. The lowest BCUT2D eigenvalue weighted by molar-refractivity contribution is -0.134. The summed E-state index contributed by atoms with van der Waals surface area (Å²) in [5, 5.41) is 3.21. The van der Waals surface area contributed by atoms with Crippen molar-refractivity contribution in [1.29, 1.82) is 0 Å². The number of esters is 1. The van der Waals surface area contributed by atoms with E-state index in [-0.39, 0.29) is 11.5 Å². The summed E-state index contributed by atoms with van der Waals surface area (Å²) in [5.41, 5.74) is 0.0838. The van der Waals surface area contributed by atoms with Gasteiger partial charge in [-0.3, -0.25) is 0 Å². The molecule has 0 aromatic carbocycles. The molecule has 70 valence electrons. The van der Waals surface area contributed by atoms with Crippen LogP contribution < -0.4 is 5.32 Å². The second-order valence-corrected chi connectivity index (χ2v) is 3.56. The smallest absolute Gasteiger partial charge is 0.330 e. The lowest BCUT2D eigenvalue weighted by atomic mass is 10.1. The van der Waals surface area contributed by atoms with E-state index in [1.165, 1.54) is 13.2 Å². The molecule has 0 spiro atoms. The van der Waals surface area contributed by atoms with E-state index in [1.807, 2.05) is 0 Å². The molecular formula is C9H17NO2. The van der Waals surface area contributed by atoms with Gasteiger partial charge in [0.15, 0.2) is 0 Å². The van der Waals surface area contributed by atoms with Gasteiger partial charge in [-0.2, -0.15) is 0 Å². The van der Waals surface area contributed by atoms with Crippen LogP contribution in [0.5, 0.6) is 0 Å². The van der Waals surface area contributed by atoms with E-state index in [9.17, 15) is 4.79 Å². The van der Waals surface area contributed by atoms with Crippen molar-refractivity contribution in [3.63, 3.8) is 0 Å². The van der Waals surface area contributed by atoms with Gasteiger partial charge in [-0.15, -0.1) is 0 Å². The average Bonchev–Trinajstić information content (AvgIpc) is 1.96. The highest BCUT2D eigenvalue weighted by atomic mass is 16.5. The minimum Gasteiger partial charge on any atom is -0.466 e. The first kappa shape index (κ1) is 11.2. The molecule has 0 rings (SSSR count). The van der Waals surface area contributed by atoms with Crippen LogP contribution in [-0.4, -0.2) is 25.2 Å². The second-order valence-electron chi connectivity index (χ2n) is 3.56. The van der Waals surface area contributed by atoms with E-state index in [4.69, 9.17) is 0 Å². The van der Waals surface area contributed by atoms with Crippen LogP contribution in [0.4, 0.5) is 0 Å². The van der Waals surface area contributed by atoms with Gasteiger partial charge in [0.05, 0.1) is 7.11 Å². The highest BCUT2D eigenvalue weighted by Crippen LogP contribution is 1.96. The Hall–Kier alpha value is -0.830. The van der Waals surface area contributed by atoms with Crippen LogP contribution in [0.3, 0.4) is 0 Å². The number of methoxy groups -OCH3 is 1. The summed E-state index contributed by atoms with van der Waals surface area (Å²) in [6.45, 7) is 6.88. The predicted molar refractivity (Wildman–Crippen MR) is 48.9 cm³/mol. The summed E-state index contributed by atoms with van der Waals surface area (Å²) in [7, 11) is 1.36. The van der Waals surface area contributed by atoms with Gasteiger partial charge < -0.3 is 10.1 Å². The molecule has 0 amide bonds. The van der Waals surface area contributed by atoms with Crippen molar-refractivity contribution >= 4 is 5.97 Å². The van der Waals surface area contributed by atoms with Crippen molar-refractivity contribution in [3.8, 4) is 0 Å². The molecule has 0 aromatic heterocycles. The van der Waals surface area contributed by atoms with Crippen LogP contribution in [0.15, 0.2) is 12.2 Å². The van der Waals surface area contributed by atoms with E-state index in [2.05, 4.69) is 30.8 Å². The third-order valence-corrected chi connectivity index (χ3v) is 1.21. The molecule has 0 aromatic rings. The number of carbonyl (C=O) groups excluding carboxylic acids is 1. The second kappa shape index (κ2) is 4.93. The third kappa shape index (κ3) is 7.28. The minimum absolute atomic E-state index is 0.0838. The molecule has 12 heavy (non-hydrogen) atoms. The largest absolute Gasteiger partial charge is 0.466 e. The van der Waals surface area contributed by atoms with E-state index in [0.717, 1.165) is 0 Å². The maximum atomic E-state index is 10.6. The van der Waals surface area contributed by atoms with Crippen LogP contribution >= 0.6 is 0 Å². The maximum Gasteiger partial charge on any atom is 0.330 e. The highest BCUT2D eigenvalue weighted by molar-refractivity contribution is 5.81. The molecule has 0 aliphatic carbocycles. The molecule has 3 nitrogen and oxygen atoms in total. The van der Waals surface area contributed by atoms with Gasteiger partial charge in [0.1, 0.15) is 0 Å². The molecule has 0 atom stereocenters. The number of ether oxygens (including phenoxy) is 1. The van der Waals surface area contributed by atoms with Crippen LogP contribution in [0, 0.1) is 0 Å². The Morgan fingerprint density at radius 3 is 2.50 bits per heavy atom. The Balaban J connectivity index is 3.56. The molecule has 0 aliphatic heterocycles. The summed E-state index contributed by atoms with van der Waals surface area (Å²) in [6, 6.07) is 0. The molecular weight excluding hydrogens is 154 g/mol. The lowest BCUT2D eigenvalue weighted by Crippen LogP contribution is -2.35. The van der Waals surface area contributed by atoms with Gasteiger partial charge in [0.25, 0.3) is 0 Å². The molecule has 0 heterocycles. The van der Waals surface area contributed by atoms with Crippen LogP contribution in [-0.2, 0) is 9.53 Å². The van der Waals surface area contributed by atoms with Gasteiger partial charge in [-0.05, 0) is 20.8 Å². The highest BCUT2D eigenvalue weighted by Gasteiger charge is 2.05. The maximum absolute atomic E-state index is 10.6. The van der Waals surface area contributed by atoms with Crippen molar-refractivity contribution in [2.45, 2.75) is 26.3 Å². The van der Waals surface area contributed by atoms with E-state index in [0.29, 0.717) is 6.54 Å². The Bertz CT molecular complexity index is 168. The zero-order valence-corrected chi connectivity index (χ0v) is 8.18. The SMILES string of the molecule is COC(=O)/C=C/CNC(C)(C)C. The quantitative estimate of drug-likeness (QED) is 0.510. The minimum atomic E-state index is -0.314. The molecule has 0 fully saturated rings. The fourth-order valence-electron chi connectivity index (χ4n) is 0.588. The van der Waals surface area contributed by atoms with E-state index < -0.39 is 0 Å². The van der Waals surface area contributed by atoms with Crippen LogP contribution in [0.1, 0.15) is 20.8 Å². The van der Waals surface area contributed by atoms with Gasteiger partial charge in [0.2, 0.25) is 0 Å². The predicted octanol–water partition coefficient (Wildman–Crippen LogP) is 1.10. The Morgan fingerprint density at radius 2 is 2.08 bits per heavy atom. The van der Waals surface area contributed by atoms with Crippen molar-refractivity contribution in [1.82, 2.24) is 5.32 Å². The first-order valence-electron chi connectivity index (χ1n) is 3.95. The van der Waals surface area contributed by atoms with Gasteiger partial charge in [-0.25, -0.2) is 4.79 Å². The van der Waals surface area contributed by atoms with Gasteiger partial charge >= 0.3 is 5.97 Å². The monoisotopic (exact) mass is 171 g/mol. The van der Waals surface area contributed by atoms with Crippen molar-refractivity contribution in [2.75, 3.05) is 13.7 Å². The van der Waals surface area contributed by atoms with Crippen molar-refractivity contribution < 1.29 is 9.53 Å². The average molecular weight is 171 g/mol. The molecule has 0 saturated heterocycles.